The number of hydrogen-bond donors (Lipinski definition) is 0. The molecule has 2 heterocycles. The van der Waals surface area contributed by atoms with Crippen LogP contribution in [0.25, 0.3) is 6.08 Å². The number of esters is 1. The molecular formula is C31H31BrN2O5S. The Morgan fingerprint density at radius 2 is 1.93 bits per heavy atom. The van der Waals surface area contributed by atoms with Gasteiger partial charge in [0.25, 0.3) is 5.56 Å². The van der Waals surface area contributed by atoms with Crippen LogP contribution in [0, 0.1) is 12.3 Å². The number of rotatable bonds is 9. The zero-order chi connectivity index (χ0) is 29.0. The summed E-state index contributed by atoms with van der Waals surface area (Å²) in [5.41, 5.74) is 3.34. The number of ether oxygens (including phenoxy) is 3. The second kappa shape index (κ2) is 12.7. The van der Waals surface area contributed by atoms with Crippen LogP contribution in [0.2, 0.25) is 0 Å². The van der Waals surface area contributed by atoms with Crippen LogP contribution < -0.4 is 24.4 Å². The quantitative estimate of drug-likeness (QED) is 0.245. The highest BCUT2D eigenvalue weighted by Gasteiger charge is 2.33. The largest absolute Gasteiger partial charge is 0.490 e. The van der Waals surface area contributed by atoms with Crippen molar-refractivity contribution in [2.75, 3.05) is 19.8 Å². The molecule has 2 aromatic carbocycles. The van der Waals surface area contributed by atoms with Gasteiger partial charge in [0.15, 0.2) is 16.3 Å². The summed E-state index contributed by atoms with van der Waals surface area (Å²) in [4.78, 5) is 32.2. The van der Waals surface area contributed by atoms with Crippen molar-refractivity contribution in [1.29, 1.82) is 0 Å². The smallest absolute Gasteiger partial charge is 0.338 e. The fourth-order valence-corrected chi connectivity index (χ4v) is 6.13. The number of terminal acetylenes is 1. The first-order valence-corrected chi connectivity index (χ1v) is 14.6. The van der Waals surface area contributed by atoms with Crippen LogP contribution in [-0.2, 0) is 9.53 Å². The third-order valence-electron chi connectivity index (χ3n) is 6.37. The molecule has 0 spiro atoms. The van der Waals surface area contributed by atoms with Crippen molar-refractivity contribution < 1.29 is 19.0 Å². The minimum atomic E-state index is -0.663. The standard InChI is InChI=1S/C31H31BrN2O5S/c1-7-14-39-28-23(32)15-20(16-24(28)37-8-2)17-25-29(35)34-27(22-12-10-21(11-13-22)18(4)5)26(30(36)38-9-3)19(6)33-31(34)40-25/h1,10-13,15-18,27H,8-9,14H2,2-6H3/b25-17-/t27-/m0/s1. The first-order valence-electron chi connectivity index (χ1n) is 13.0. The van der Waals surface area contributed by atoms with Gasteiger partial charge >= 0.3 is 5.97 Å². The Labute approximate surface area is 245 Å². The van der Waals surface area contributed by atoms with Gasteiger partial charge in [0, 0.05) is 0 Å². The molecule has 1 aromatic heterocycles. The monoisotopic (exact) mass is 622 g/mol. The van der Waals surface area contributed by atoms with Crippen LogP contribution >= 0.6 is 27.3 Å². The molecule has 0 bridgehead atoms. The molecule has 0 aliphatic carbocycles. The first kappa shape index (κ1) is 29.4. The molecule has 9 heteroatoms. The Morgan fingerprint density at radius 1 is 1.20 bits per heavy atom. The van der Waals surface area contributed by atoms with Crippen molar-refractivity contribution in [3.8, 4) is 23.8 Å². The number of halogens is 1. The molecule has 1 atom stereocenters. The first-order chi connectivity index (χ1) is 19.2. The lowest BCUT2D eigenvalue weighted by Gasteiger charge is -2.25. The average molecular weight is 624 g/mol. The lowest BCUT2D eigenvalue weighted by atomic mass is 9.93. The zero-order valence-electron chi connectivity index (χ0n) is 23.1. The molecule has 3 aromatic rings. The fourth-order valence-electron chi connectivity index (χ4n) is 4.51. The van der Waals surface area contributed by atoms with E-state index in [0.29, 0.717) is 49.1 Å². The minimum absolute atomic E-state index is 0.0942. The van der Waals surface area contributed by atoms with Gasteiger partial charge in [-0.15, -0.1) is 6.42 Å². The molecule has 0 saturated heterocycles. The third-order valence-corrected chi connectivity index (χ3v) is 7.94. The zero-order valence-corrected chi connectivity index (χ0v) is 25.5. The predicted molar refractivity (Wildman–Crippen MR) is 161 cm³/mol. The van der Waals surface area contributed by atoms with Gasteiger partial charge in [-0.1, -0.05) is 55.4 Å². The second-order valence-corrected chi connectivity index (χ2v) is 11.2. The molecule has 0 radical (unpaired) electrons. The number of carbonyl (C=O) groups is 1. The average Bonchev–Trinajstić information content (AvgIpc) is 3.21. The van der Waals surface area contributed by atoms with E-state index in [1.807, 2.05) is 37.3 Å². The van der Waals surface area contributed by atoms with E-state index in [4.69, 9.17) is 20.6 Å². The van der Waals surface area contributed by atoms with Crippen LogP contribution in [0.3, 0.4) is 0 Å². The van der Waals surface area contributed by atoms with E-state index in [2.05, 4.69) is 40.7 Å². The lowest BCUT2D eigenvalue weighted by molar-refractivity contribution is -0.139. The van der Waals surface area contributed by atoms with Crippen molar-refractivity contribution in [3.63, 3.8) is 0 Å². The Hall–Kier alpha value is -3.61. The molecule has 4 rings (SSSR count). The van der Waals surface area contributed by atoms with E-state index in [1.165, 1.54) is 16.9 Å². The van der Waals surface area contributed by atoms with Gasteiger partial charge in [0.2, 0.25) is 0 Å². The van der Waals surface area contributed by atoms with Crippen molar-refractivity contribution in [2.24, 2.45) is 4.99 Å². The lowest BCUT2D eigenvalue weighted by Crippen LogP contribution is -2.39. The molecule has 0 fully saturated rings. The maximum Gasteiger partial charge on any atom is 0.338 e. The van der Waals surface area contributed by atoms with Gasteiger partial charge in [-0.25, -0.2) is 9.79 Å². The molecule has 7 nitrogen and oxygen atoms in total. The molecule has 1 aliphatic rings. The molecule has 1 aliphatic heterocycles. The Morgan fingerprint density at radius 3 is 2.55 bits per heavy atom. The van der Waals surface area contributed by atoms with Gasteiger partial charge in [-0.05, 0) is 77.5 Å². The van der Waals surface area contributed by atoms with Crippen LogP contribution in [-0.4, -0.2) is 30.4 Å². The summed E-state index contributed by atoms with van der Waals surface area (Å²) in [5.74, 6) is 3.33. The molecule has 208 valence electrons. The number of hydrogen-bond acceptors (Lipinski definition) is 7. The van der Waals surface area contributed by atoms with E-state index in [9.17, 15) is 9.59 Å². The number of nitrogens with zero attached hydrogens (tertiary/aromatic N) is 2. The summed E-state index contributed by atoms with van der Waals surface area (Å²) >= 11 is 4.80. The van der Waals surface area contributed by atoms with E-state index in [1.54, 1.807) is 30.6 Å². The van der Waals surface area contributed by atoms with E-state index in [0.717, 1.165) is 11.1 Å². The Kier molecular flexibility index (Phi) is 9.33. The van der Waals surface area contributed by atoms with Gasteiger partial charge in [-0.3, -0.25) is 9.36 Å². The molecule has 0 saturated carbocycles. The third kappa shape index (κ3) is 5.93. The highest BCUT2D eigenvalue weighted by Crippen LogP contribution is 2.37. The summed E-state index contributed by atoms with van der Waals surface area (Å²) in [6.07, 6.45) is 7.14. The van der Waals surface area contributed by atoms with Gasteiger partial charge in [-0.2, -0.15) is 0 Å². The number of aromatic nitrogens is 1. The Bertz CT molecular complexity index is 1680. The number of carbonyl (C=O) groups excluding carboxylic acids is 1. The highest BCUT2D eigenvalue weighted by atomic mass is 79.9. The molecule has 0 N–H and O–H groups in total. The van der Waals surface area contributed by atoms with E-state index < -0.39 is 12.0 Å². The maximum atomic E-state index is 13.9. The van der Waals surface area contributed by atoms with Gasteiger partial charge < -0.3 is 14.2 Å². The number of allylic oxidation sites excluding steroid dienone is 1. The normalized spacial score (nSPS) is 14.9. The number of thiazole rings is 1. The summed E-state index contributed by atoms with van der Waals surface area (Å²) in [5, 5.41) is 0. The van der Waals surface area contributed by atoms with Crippen LogP contribution in [0.15, 0.2) is 61.9 Å². The number of fused-ring (bicyclic) bond motifs is 1. The molecule has 0 unspecified atom stereocenters. The summed E-state index contributed by atoms with van der Waals surface area (Å²) in [7, 11) is 0. The molecule has 40 heavy (non-hydrogen) atoms. The Balaban J connectivity index is 1.90. The second-order valence-electron chi connectivity index (χ2n) is 9.38. The summed E-state index contributed by atoms with van der Waals surface area (Å²) < 4.78 is 19.5. The van der Waals surface area contributed by atoms with Crippen molar-refractivity contribution in [2.45, 2.75) is 46.6 Å². The van der Waals surface area contributed by atoms with Crippen molar-refractivity contribution in [3.05, 3.63) is 88.5 Å². The van der Waals surface area contributed by atoms with Crippen LogP contribution in [0.5, 0.6) is 11.5 Å². The molecular weight excluding hydrogens is 592 g/mol. The van der Waals surface area contributed by atoms with Gasteiger partial charge in [0.1, 0.15) is 6.61 Å². The SMILES string of the molecule is C#CCOc1c(Br)cc(/C=c2\sc3n(c2=O)[C@@H](c2ccc(C(C)C)cc2)C(C(=O)OCC)=C(C)N=3)cc1OCC. The van der Waals surface area contributed by atoms with Gasteiger partial charge in [0.05, 0.1) is 39.5 Å². The summed E-state index contributed by atoms with van der Waals surface area (Å²) in [6.45, 7) is 10.4. The molecule has 0 amide bonds. The topological polar surface area (TPSA) is 79.1 Å². The minimum Gasteiger partial charge on any atom is -0.490 e. The fraction of sp³-hybridized carbons (Fsp3) is 0.323. The van der Waals surface area contributed by atoms with Crippen molar-refractivity contribution >= 4 is 39.3 Å². The van der Waals surface area contributed by atoms with Crippen molar-refractivity contribution in [1.82, 2.24) is 4.57 Å². The van der Waals surface area contributed by atoms with E-state index in [-0.39, 0.29) is 18.8 Å². The maximum absolute atomic E-state index is 13.9. The van der Waals surface area contributed by atoms with Crippen LogP contribution in [0.4, 0.5) is 0 Å². The number of benzene rings is 2. The van der Waals surface area contributed by atoms with Crippen LogP contribution in [0.1, 0.15) is 63.3 Å². The summed E-state index contributed by atoms with van der Waals surface area (Å²) in [6, 6.07) is 11.0. The predicted octanol–water partition coefficient (Wildman–Crippen LogP) is 5.09. The highest BCUT2D eigenvalue weighted by molar-refractivity contribution is 9.10. The van der Waals surface area contributed by atoms with E-state index >= 15 is 0 Å².